The second kappa shape index (κ2) is 2.84. The Morgan fingerprint density at radius 1 is 1.73 bits per heavy atom. The Morgan fingerprint density at radius 2 is 2.36 bits per heavy atom. The van der Waals surface area contributed by atoms with E-state index in [2.05, 4.69) is 0 Å². The third-order valence-electron chi connectivity index (χ3n) is 1.71. The summed E-state index contributed by atoms with van der Waals surface area (Å²) < 4.78 is 0. The van der Waals surface area contributed by atoms with Crippen molar-refractivity contribution in [3.63, 3.8) is 0 Å². The van der Waals surface area contributed by atoms with E-state index in [1.165, 1.54) is 6.08 Å². The third-order valence-corrected chi connectivity index (χ3v) is 1.71. The second-order valence-corrected chi connectivity index (χ2v) is 2.49. The smallest absolute Gasteiger partial charge is 0.312 e. The predicted molar refractivity (Wildman–Crippen MR) is 37.9 cm³/mol. The van der Waals surface area contributed by atoms with E-state index in [1.54, 1.807) is 6.08 Å². The maximum Gasteiger partial charge on any atom is 0.312 e. The lowest BCUT2D eigenvalue weighted by Gasteiger charge is -2.18. The molecule has 0 amide bonds. The minimum absolute atomic E-state index is 0.208. The van der Waals surface area contributed by atoms with Gasteiger partial charge in [-0.1, -0.05) is 12.2 Å². The summed E-state index contributed by atoms with van der Waals surface area (Å²) in [5.41, 5.74) is 5.34. The van der Waals surface area contributed by atoms with Crippen LogP contribution in [0.5, 0.6) is 0 Å². The summed E-state index contributed by atoms with van der Waals surface area (Å²) in [5, 5.41) is 8.54. The van der Waals surface area contributed by atoms with Crippen molar-refractivity contribution in [1.82, 2.24) is 0 Å². The number of carbonyl (C=O) groups is 2. The molecule has 1 aliphatic rings. The maximum absolute atomic E-state index is 10.9. The number of carboxylic acid groups (broad SMARTS) is 1. The summed E-state index contributed by atoms with van der Waals surface area (Å²) in [5.74, 6) is -2.09. The molecule has 0 aromatic carbocycles. The number of aliphatic carboxylic acids is 1. The SMILES string of the molecule is N[C@H]1C(=O)CC=C[C@H]1C(=O)O. The molecule has 11 heavy (non-hydrogen) atoms. The molecule has 0 bridgehead atoms. The van der Waals surface area contributed by atoms with Crippen LogP contribution in [0.3, 0.4) is 0 Å². The van der Waals surface area contributed by atoms with Crippen molar-refractivity contribution in [3.05, 3.63) is 12.2 Å². The first kappa shape index (κ1) is 7.94. The molecule has 0 heterocycles. The number of Topliss-reactive ketones (excluding diaryl/α,β-unsaturated/α-hetero) is 1. The molecule has 0 saturated heterocycles. The first-order valence-electron chi connectivity index (χ1n) is 3.30. The highest BCUT2D eigenvalue weighted by Gasteiger charge is 2.30. The van der Waals surface area contributed by atoms with Crippen LogP contribution in [-0.4, -0.2) is 22.9 Å². The van der Waals surface area contributed by atoms with E-state index in [0.717, 1.165) is 0 Å². The quantitative estimate of drug-likeness (QED) is 0.502. The van der Waals surface area contributed by atoms with Gasteiger partial charge in [0.25, 0.3) is 0 Å². The molecule has 0 saturated carbocycles. The Labute approximate surface area is 63.7 Å². The van der Waals surface area contributed by atoms with Gasteiger partial charge < -0.3 is 10.8 Å². The minimum atomic E-state index is -1.04. The average Bonchev–Trinajstić information content (AvgIpc) is 1.94. The zero-order chi connectivity index (χ0) is 8.43. The normalized spacial score (nSPS) is 30.5. The lowest BCUT2D eigenvalue weighted by Crippen LogP contribution is -2.42. The Hall–Kier alpha value is -1.16. The van der Waals surface area contributed by atoms with Gasteiger partial charge in [0.1, 0.15) is 0 Å². The summed E-state index contributed by atoms with van der Waals surface area (Å²) in [6, 6.07) is -0.863. The van der Waals surface area contributed by atoms with Gasteiger partial charge >= 0.3 is 5.97 Å². The number of ketones is 1. The molecule has 1 aliphatic carbocycles. The Morgan fingerprint density at radius 3 is 2.82 bits per heavy atom. The Kier molecular flexibility index (Phi) is 2.05. The number of hydrogen-bond acceptors (Lipinski definition) is 3. The highest BCUT2D eigenvalue weighted by molar-refractivity contribution is 5.92. The summed E-state index contributed by atoms with van der Waals surface area (Å²) in [7, 11) is 0. The minimum Gasteiger partial charge on any atom is -0.481 e. The summed E-state index contributed by atoms with van der Waals surface area (Å²) in [4.78, 5) is 21.3. The number of hydrogen-bond donors (Lipinski definition) is 2. The van der Waals surface area contributed by atoms with Crippen LogP contribution in [0.2, 0.25) is 0 Å². The van der Waals surface area contributed by atoms with Crippen molar-refractivity contribution < 1.29 is 14.7 Å². The molecule has 4 nitrogen and oxygen atoms in total. The topological polar surface area (TPSA) is 80.4 Å². The Bertz CT molecular complexity index is 222. The van der Waals surface area contributed by atoms with Gasteiger partial charge in [-0.25, -0.2) is 0 Å². The van der Waals surface area contributed by atoms with Crippen LogP contribution in [0.25, 0.3) is 0 Å². The molecule has 0 aromatic heterocycles. The van der Waals surface area contributed by atoms with E-state index >= 15 is 0 Å². The second-order valence-electron chi connectivity index (χ2n) is 2.49. The summed E-state index contributed by atoms with van der Waals surface area (Å²) >= 11 is 0. The van der Waals surface area contributed by atoms with Gasteiger partial charge in [0.15, 0.2) is 5.78 Å². The van der Waals surface area contributed by atoms with Crippen molar-refractivity contribution >= 4 is 11.8 Å². The lowest BCUT2D eigenvalue weighted by molar-refractivity contribution is -0.142. The first-order valence-corrected chi connectivity index (χ1v) is 3.30. The number of carbonyl (C=O) groups excluding carboxylic acids is 1. The van der Waals surface area contributed by atoms with Crippen molar-refractivity contribution in [1.29, 1.82) is 0 Å². The van der Waals surface area contributed by atoms with Gasteiger partial charge in [-0.15, -0.1) is 0 Å². The number of rotatable bonds is 1. The highest BCUT2D eigenvalue weighted by atomic mass is 16.4. The molecule has 0 aliphatic heterocycles. The number of allylic oxidation sites excluding steroid dienone is 1. The average molecular weight is 155 g/mol. The fourth-order valence-corrected chi connectivity index (χ4v) is 1.02. The zero-order valence-corrected chi connectivity index (χ0v) is 5.86. The van der Waals surface area contributed by atoms with E-state index in [-0.39, 0.29) is 12.2 Å². The van der Waals surface area contributed by atoms with Crippen molar-refractivity contribution in [2.24, 2.45) is 11.7 Å². The largest absolute Gasteiger partial charge is 0.481 e. The van der Waals surface area contributed by atoms with Crippen molar-refractivity contribution in [2.75, 3.05) is 0 Å². The lowest BCUT2D eigenvalue weighted by atomic mass is 9.90. The molecule has 2 atom stereocenters. The number of nitrogens with two attached hydrogens (primary N) is 1. The van der Waals surface area contributed by atoms with Gasteiger partial charge in [-0.3, -0.25) is 9.59 Å². The van der Waals surface area contributed by atoms with Crippen LogP contribution in [0.4, 0.5) is 0 Å². The van der Waals surface area contributed by atoms with Gasteiger partial charge in [-0.05, 0) is 0 Å². The van der Waals surface area contributed by atoms with E-state index in [1.807, 2.05) is 0 Å². The first-order chi connectivity index (χ1) is 5.13. The molecule has 1 rings (SSSR count). The molecular formula is C7H9NO3. The van der Waals surface area contributed by atoms with E-state index < -0.39 is 17.9 Å². The molecule has 0 fully saturated rings. The van der Waals surface area contributed by atoms with Crippen LogP contribution < -0.4 is 5.73 Å². The maximum atomic E-state index is 10.9. The molecule has 0 radical (unpaired) electrons. The fourth-order valence-electron chi connectivity index (χ4n) is 1.02. The molecule has 3 N–H and O–H groups in total. The predicted octanol–water partition coefficient (Wildman–Crippen LogP) is -0.457. The molecular weight excluding hydrogens is 146 g/mol. The van der Waals surface area contributed by atoms with E-state index in [4.69, 9.17) is 10.8 Å². The summed E-state index contributed by atoms with van der Waals surface area (Å²) in [6.07, 6.45) is 3.27. The molecule has 4 heteroatoms. The van der Waals surface area contributed by atoms with E-state index in [9.17, 15) is 9.59 Å². The molecule has 0 aromatic rings. The van der Waals surface area contributed by atoms with Gasteiger partial charge in [0.05, 0.1) is 12.0 Å². The number of carboxylic acids is 1. The zero-order valence-electron chi connectivity index (χ0n) is 5.86. The third kappa shape index (κ3) is 1.46. The molecule has 0 unspecified atom stereocenters. The van der Waals surface area contributed by atoms with Crippen LogP contribution in [-0.2, 0) is 9.59 Å². The van der Waals surface area contributed by atoms with Gasteiger partial charge in [0.2, 0.25) is 0 Å². The van der Waals surface area contributed by atoms with Crippen LogP contribution in [0.15, 0.2) is 12.2 Å². The van der Waals surface area contributed by atoms with Crippen molar-refractivity contribution in [2.45, 2.75) is 12.5 Å². The van der Waals surface area contributed by atoms with Crippen LogP contribution in [0.1, 0.15) is 6.42 Å². The van der Waals surface area contributed by atoms with Gasteiger partial charge in [-0.2, -0.15) is 0 Å². The molecule has 0 spiro atoms. The molecule has 60 valence electrons. The van der Waals surface area contributed by atoms with Crippen LogP contribution >= 0.6 is 0 Å². The standard InChI is InChI=1S/C7H9NO3/c8-6-4(7(10)11)2-1-3-5(6)9/h1-2,4,6H,3,8H2,(H,10,11)/t4-,6-/m1/s1. The van der Waals surface area contributed by atoms with Crippen molar-refractivity contribution in [3.8, 4) is 0 Å². The fraction of sp³-hybridized carbons (Fsp3) is 0.429. The Balaban J connectivity index is 2.80. The summed E-state index contributed by atoms with van der Waals surface area (Å²) in [6.45, 7) is 0. The van der Waals surface area contributed by atoms with Crippen LogP contribution in [0, 0.1) is 5.92 Å². The highest BCUT2D eigenvalue weighted by Crippen LogP contribution is 2.13. The van der Waals surface area contributed by atoms with E-state index in [0.29, 0.717) is 0 Å². The van der Waals surface area contributed by atoms with Gasteiger partial charge in [0, 0.05) is 6.42 Å². The monoisotopic (exact) mass is 155 g/mol.